The number of nitrogens with one attached hydrogen (secondary N) is 2. The number of rotatable bonds is 8. The summed E-state index contributed by atoms with van der Waals surface area (Å²) in [7, 11) is 0. The monoisotopic (exact) mass is 420 g/mol. The van der Waals surface area contributed by atoms with Crippen LogP contribution in [0, 0.1) is 12.3 Å². The van der Waals surface area contributed by atoms with Crippen molar-refractivity contribution in [2.24, 2.45) is 0 Å². The third-order valence-electron chi connectivity index (χ3n) is 5.30. The second kappa shape index (κ2) is 9.81. The zero-order chi connectivity index (χ0) is 22.4. The molecule has 0 spiro atoms. The highest BCUT2D eigenvalue weighted by Gasteiger charge is 2.30. The van der Waals surface area contributed by atoms with Crippen LogP contribution in [0.2, 0.25) is 0 Å². The Bertz CT molecular complexity index is 981. The van der Waals surface area contributed by atoms with Crippen LogP contribution in [0.1, 0.15) is 36.8 Å². The van der Waals surface area contributed by atoms with Crippen LogP contribution in [0.25, 0.3) is 11.1 Å². The summed E-state index contributed by atoms with van der Waals surface area (Å²) < 4.78 is 5.44. The highest BCUT2D eigenvalue weighted by Crippen LogP contribution is 2.44. The quantitative estimate of drug-likeness (QED) is 0.570. The molecule has 2 amide bonds. The number of carboxylic acid groups (broad SMARTS) is 1. The topological polar surface area (TPSA) is 105 Å². The van der Waals surface area contributed by atoms with Gasteiger partial charge < -0.3 is 20.5 Å². The molecule has 2 atom stereocenters. The Balaban J connectivity index is 1.62. The van der Waals surface area contributed by atoms with E-state index in [9.17, 15) is 14.4 Å². The fraction of sp³-hybridized carbons (Fsp3) is 0.292. The minimum absolute atomic E-state index is 0.0981. The van der Waals surface area contributed by atoms with Gasteiger partial charge in [0.2, 0.25) is 5.91 Å². The van der Waals surface area contributed by atoms with Gasteiger partial charge >= 0.3 is 12.1 Å². The molecule has 3 N–H and O–H groups in total. The van der Waals surface area contributed by atoms with Gasteiger partial charge in [0.15, 0.2) is 0 Å². The van der Waals surface area contributed by atoms with Crippen molar-refractivity contribution in [2.45, 2.75) is 37.8 Å². The molecule has 0 saturated carbocycles. The number of carbonyl (C=O) groups excluding carboxylic acids is 2. The fourth-order valence-corrected chi connectivity index (χ4v) is 3.73. The molecule has 0 saturated heterocycles. The van der Waals surface area contributed by atoms with Crippen molar-refractivity contribution < 1.29 is 24.2 Å². The minimum Gasteiger partial charge on any atom is -0.480 e. The summed E-state index contributed by atoms with van der Waals surface area (Å²) >= 11 is 0. The molecule has 2 unspecified atom stereocenters. The standard InChI is InChI=1S/C24H24N2O5/c1-3-9-21(23(28)29)25-22(27)20(4-2)26-24(30)31-14-19-17-12-7-5-10-15(17)16-11-6-8-13-18(16)19/h1,5-8,10-13,19-21H,4,9,14H2,2H3,(H,25,27)(H,26,30)(H,28,29). The molecule has 2 aromatic rings. The summed E-state index contributed by atoms with van der Waals surface area (Å²) in [5.74, 6) is 0.254. The fourth-order valence-electron chi connectivity index (χ4n) is 3.73. The van der Waals surface area contributed by atoms with Crippen LogP contribution in [0.4, 0.5) is 4.79 Å². The number of carboxylic acids is 1. The van der Waals surface area contributed by atoms with E-state index >= 15 is 0 Å². The highest BCUT2D eigenvalue weighted by atomic mass is 16.5. The van der Waals surface area contributed by atoms with Gasteiger partial charge in [0.1, 0.15) is 18.7 Å². The Morgan fingerprint density at radius 1 is 1.03 bits per heavy atom. The number of hydrogen-bond donors (Lipinski definition) is 3. The molecule has 3 rings (SSSR count). The number of carbonyl (C=O) groups is 3. The van der Waals surface area contributed by atoms with Gasteiger partial charge in [-0.2, -0.15) is 0 Å². The third-order valence-corrected chi connectivity index (χ3v) is 5.30. The molecule has 7 heteroatoms. The molecule has 0 fully saturated rings. The van der Waals surface area contributed by atoms with Crippen LogP contribution >= 0.6 is 0 Å². The van der Waals surface area contributed by atoms with Gasteiger partial charge in [-0.25, -0.2) is 9.59 Å². The number of terminal acetylenes is 1. The number of benzene rings is 2. The Morgan fingerprint density at radius 2 is 1.61 bits per heavy atom. The second-order valence-electron chi connectivity index (χ2n) is 7.24. The first kappa shape index (κ1) is 21.9. The molecule has 1 aliphatic rings. The predicted octanol–water partition coefficient (Wildman–Crippen LogP) is 2.90. The first-order valence-corrected chi connectivity index (χ1v) is 10.0. The van der Waals surface area contributed by atoms with E-state index in [4.69, 9.17) is 16.3 Å². The molecular formula is C24H24N2O5. The second-order valence-corrected chi connectivity index (χ2v) is 7.24. The van der Waals surface area contributed by atoms with E-state index < -0.39 is 30.1 Å². The molecule has 1 aliphatic carbocycles. The number of fused-ring (bicyclic) bond motifs is 3. The third kappa shape index (κ3) is 4.86. The highest BCUT2D eigenvalue weighted by molar-refractivity contribution is 5.89. The van der Waals surface area contributed by atoms with Gasteiger partial charge in [-0.15, -0.1) is 12.3 Å². The number of hydrogen-bond acceptors (Lipinski definition) is 4. The molecular weight excluding hydrogens is 396 g/mol. The first-order chi connectivity index (χ1) is 15.0. The van der Waals surface area contributed by atoms with Crippen LogP contribution in [-0.2, 0) is 14.3 Å². The average molecular weight is 420 g/mol. The van der Waals surface area contributed by atoms with Crippen LogP contribution < -0.4 is 10.6 Å². The summed E-state index contributed by atoms with van der Waals surface area (Å²) in [6, 6.07) is 13.8. The molecule has 160 valence electrons. The van der Waals surface area contributed by atoms with Crippen molar-refractivity contribution in [2.75, 3.05) is 6.61 Å². The lowest BCUT2D eigenvalue weighted by atomic mass is 9.98. The van der Waals surface area contributed by atoms with E-state index in [2.05, 4.69) is 16.6 Å². The molecule has 0 heterocycles. The van der Waals surface area contributed by atoms with Gasteiger partial charge in [-0.3, -0.25) is 4.79 Å². The molecule has 0 bridgehead atoms. The van der Waals surface area contributed by atoms with Crippen LogP contribution in [0.15, 0.2) is 48.5 Å². The number of ether oxygens (including phenoxy) is 1. The Morgan fingerprint density at radius 3 is 2.13 bits per heavy atom. The van der Waals surface area contributed by atoms with E-state index in [1.54, 1.807) is 6.92 Å². The molecule has 0 radical (unpaired) electrons. The maximum Gasteiger partial charge on any atom is 0.407 e. The lowest BCUT2D eigenvalue weighted by molar-refractivity contribution is -0.141. The smallest absolute Gasteiger partial charge is 0.407 e. The predicted molar refractivity (Wildman–Crippen MR) is 115 cm³/mol. The van der Waals surface area contributed by atoms with E-state index in [1.165, 1.54) is 0 Å². The molecule has 7 nitrogen and oxygen atoms in total. The van der Waals surface area contributed by atoms with Crippen molar-refractivity contribution in [3.05, 3.63) is 59.7 Å². The van der Waals surface area contributed by atoms with Crippen LogP contribution in [-0.4, -0.2) is 41.8 Å². The van der Waals surface area contributed by atoms with Gasteiger partial charge in [-0.1, -0.05) is 55.5 Å². The molecule has 2 aromatic carbocycles. The van der Waals surface area contributed by atoms with Crippen molar-refractivity contribution in [1.82, 2.24) is 10.6 Å². The molecule has 0 aromatic heterocycles. The maximum atomic E-state index is 12.4. The lowest BCUT2D eigenvalue weighted by Gasteiger charge is -2.20. The Kier molecular flexibility index (Phi) is 6.93. The van der Waals surface area contributed by atoms with E-state index in [-0.39, 0.29) is 25.4 Å². The average Bonchev–Trinajstić information content (AvgIpc) is 3.09. The van der Waals surface area contributed by atoms with Gasteiger partial charge in [-0.05, 0) is 28.7 Å². The Labute approximate surface area is 180 Å². The van der Waals surface area contributed by atoms with E-state index in [0.717, 1.165) is 22.3 Å². The van der Waals surface area contributed by atoms with Gasteiger partial charge in [0.05, 0.1) is 0 Å². The normalized spacial score (nSPS) is 13.8. The first-order valence-electron chi connectivity index (χ1n) is 10.0. The number of aliphatic carboxylic acids is 1. The summed E-state index contributed by atoms with van der Waals surface area (Å²) in [4.78, 5) is 35.9. The molecule has 31 heavy (non-hydrogen) atoms. The SMILES string of the molecule is C#CCC(NC(=O)C(CC)NC(=O)OCC1c2ccccc2-c2ccccc21)C(=O)O. The minimum atomic E-state index is -1.23. The summed E-state index contributed by atoms with van der Waals surface area (Å²) in [5.41, 5.74) is 4.40. The van der Waals surface area contributed by atoms with Crippen molar-refractivity contribution in [3.63, 3.8) is 0 Å². The van der Waals surface area contributed by atoms with Crippen molar-refractivity contribution >= 4 is 18.0 Å². The number of amides is 2. The van der Waals surface area contributed by atoms with Gasteiger partial charge in [0, 0.05) is 12.3 Å². The van der Waals surface area contributed by atoms with E-state index in [1.807, 2.05) is 48.5 Å². The largest absolute Gasteiger partial charge is 0.480 e. The van der Waals surface area contributed by atoms with Crippen molar-refractivity contribution in [3.8, 4) is 23.5 Å². The molecule has 0 aliphatic heterocycles. The zero-order valence-electron chi connectivity index (χ0n) is 17.1. The maximum absolute atomic E-state index is 12.4. The van der Waals surface area contributed by atoms with Gasteiger partial charge in [0.25, 0.3) is 0 Å². The van der Waals surface area contributed by atoms with E-state index in [0.29, 0.717) is 0 Å². The summed E-state index contributed by atoms with van der Waals surface area (Å²) in [5, 5.41) is 14.0. The number of alkyl carbamates (subject to hydrolysis) is 1. The Hall–Kier alpha value is -3.79. The lowest BCUT2D eigenvalue weighted by Crippen LogP contribution is -2.51. The van der Waals surface area contributed by atoms with Crippen LogP contribution in [0.5, 0.6) is 0 Å². The van der Waals surface area contributed by atoms with Crippen molar-refractivity contribution in [1.29, 1.82) is 0 Å². The van der Waals surface area contributed by atoms with Crippen LogP contribution in [0.3, 0.4) is 0 Å². The summed E-state index contributed by atoms with van der Waals surface area (Å²) in [6.07, 6.45) is 4.51. The zero-order valence-corrected chi connectivity index (χ0v) is 17.1. The summed E-state index contributed by atoms with van der Waals surface area (Å²) in [6.45, 7) is 1.82.